The molecule has 120 valence electrons. The molecule has 0 amide bonds. The third-order valence-corrected chi connectivity index (χ3v) is 3.41. The van der Waals surface area contributed by atoms with Crippen LogP contribution in [0.5, 0.6) is 0 Å². The summed E-state index contributed by atoms with van der Waals surface area (Å²) in [5.41, 5.74) is 1.60. The molecule has 2 rings (SSSR count). The van der Waals surface area contributed by atoms with Crippen LogP contribution < -0.4 is 4.90 Å². The number of nitro groups is 1. The van der Waals surface area contributed by atoms with Gasteiger partial charge < -0.3 is 9.32 Å². The molecule has 2 aromatic rings. The fourth-order valence-corrected chi connectivity index (χ4v) is 2.31. The van der Waals surface area contributed by atoms with Crippen LogP contribution in [0.4, 0.5) is 11.4 Å². The van der Waals surface area contributed by atoms with Gasteiger partial charge in [0.15, 0.2) is 5.78 Å². The van der Waals surface area contributed by atoms with Gasteiger partial charge in [0.05, 0.1) is 10.5 Å². The molecule has 1 aromatic heterocycles. The molecule has 0 aliphatic rings. The number of rotatable bonds is 5. The van der Waals surface area contributed by atoms with Crippen LogP contribution in [0.15, 0.2) is 34.8 Å². The maximum atomic E-state index is 12.2. The highest BCUT2D eigenvalue weighted by Gasteiger charge is 2.16. The molecule has 0 aliphatic heterocycles. The summed E-state index contributed by atoms with van der Waals surface area (Å²) in [7, 11) is 3.48. The SMILES string of the molecule is Cc1cc(C(=O)/C=C/c2ccc(N(C)C)c([N+](=O)[O-])c2)c(C)o1. The molecule has 0 bridgehead atoms. The molecule has 0 fully saturated rings. The van der Waals surface area contributed by atoms with Crippen molar-refractivity contribution in [2.24, 2.45) is 0 Å². The summed E-state index contributed by atoms with van der Waals surface area (Å²) in [5, 5.41) is 11.2. The van der Waals surface area contributed by atoms with Crippen molar-refractivity contribution in [1.82, 2.24) is 0 Å². The van der Waals surface area contributed by atoms with Crippen LogP contribution in [-0.2, 0) is 0 Å². The van der Waals surface area contributed by atoms with Gasteiger partial charge in [-0.15, -0.1) is 0 Å². The van der Waals surface area contributed by atoms with Crippen molar-refractivity contribution in [1.29, 1.82) is 0 Å². The average Bonchev–Trinajstić information content (AvgIpc) is 2.83. The number of aryl methyl sites for hydroxylation is 2. The number of nitrogens with zero attached hydrogens (tertiary/aromatic N) is 2. The second-order valence-electron chi connectivity index (χ2n) is 5.42. The number of nitro benzene ring substituents is 1. The fraction of sp³-hybridized carbons (Fsp3) is 0.235. The van der Waals surface area contributed by atoms with Crippen LogP contribution in [0.2, 0.25) is 0 Å². The Morgan fingerprint density at radius 3 is 2.48 bits per heavy atom. The summed E-state index contributed by atoms with van der Waals surface area (Å²) in [6.45, 7) is 3.50. The Kier molecular flexibility index (Phi) is 4.64. The van der Waals surface area contributed by atoms with Gasteiger partial charge in [0.1, 0.15) is 17.2 Å². The number of benzene rings is 1. The van der Waals surface area contributed by atoms with E-state index in [1.807, 2.05) is 0 Å². The van der Waals surface area contributed by atoms with E-state index in [1.165, 1.54) is 12.1 Å². The van der Waals surface area contributed by atoms with Crippen molar-refractivity contribution >= 4 is 23.2 Å². The van der Waals surface area contributed by atoms with E-state index in [2.05, 4.69) is 0 Å². The molecule has 0 spiro atoms. The van der Waals surface area contributed by atoms with E-state index < -0.39 is 4.92 Å². The molecule has 6 heteroatoms. The molecule has 0 radical (unpaired) electrons. The second kappa shape index (κ2) is 6.48. The van der Waals surface area contributed by atoms with Gasteiger partial charge in [-0.3, -0.25) is 14.9 Å². The summed E-state index contributed by atoms with van der Waals surface area (Å²) in [6.07, 6.45) is 2.96. The lowest BCUT2D eigenvalue weighted by molar-refractivity contribution is -0.384. The predicted molar refractivity (Wildman–Crippen MR) is 89.0 cm³/mol. The van der Waals surface area contributed by atoms with Crippen LogP contribution in [0.3, 0.4) is 0 Å². The van der Waals surface area contributed by atoms with E-state index in [0.29, 0.717) is 28.3 Å². The first-order valence-corrected chi connectivity index (χ1v) is 7.05. The lowest BCUT2D eigenvalue weighted by atomic mass is 10.1. The molecule has 0 atom stereocenters. The van der Waals surface area contributed by atoms with Crippen molar-refractivity contribution in [3.8, 4) is 0 Å². The number of anilines is 1. The van der Waals surface area contributed by atoms with Gasteiger partial charge in [0.2, 0.25) is 0 Å². The average molecular weight is 314 g/mol. The molecule has 0 N–H and O–H groups in total. The molecule has 0 saturated carbocycles. The Morgan fingerprint density at radius 2 is 1.96 bits per heavy atom. The standard InChI is InChI=1S/C17H18N2O4/c1-11-9-14(12(2)23-11)17(20)8-6-13-5-7-15(18(3)4)16(10-13)19(21)22/h5-10H,1-4H3/b8-6+. The quantitative estimate of drug-likeness (QED) is 0.363. The van der Waals surface area contributed by atoms with E-state index in [-0.39, 0.29) is 11.5 Å². The smallest absolute Gasteiger partial charge is 0.293 e. The maximum absolute atomic E-state index is 12.2. The number of hydrogen-bond acceptors (Lipinski definition) is 5. The lowest BCUT2D eigenvalue weighted by Crippen LogP contribution is -2.11. The number of ketones is 1. The lowest BCUT2D eigenvalue weighted by Gasteiger charge is -2.12. The third-order valence-electron chi connectivity index (χ3n) is 3.41. The normalized spacial score (nSPS) is 11.0. The Morgan fingerprint density at radius 1 is 1.26 bits per heavy atom. The van der Waals surface area contributed by atoms with Crippen LogP contribution in [0.25, 0.3) is 6.08 Å². The topological polar surface area (TPSA) is 76.6 Å². The monoisotopic (exact) mass is 314 g/mol. The Hall–Kier alpha value is -2.89. The molecule has 0 unspecified atom stereocenters. The predicted octanol–water partition coefficient (Wildman–Crippen LogP) is 3.77. The number of furan rings is 1. The minimum atomic E-state index is -0.432. The first kappa shape index (κ1) is 16.5. The van der Waals surface area contributed by atoms with E-state index in [0.717, 1.165) is 0 Å². The van der Waals surface area contributed by atoms with Crippen molar-refractivity contribution in [3.05, 3.63) is 63.1 Å². The summed E-state index contributed by atoms with van der Waals surface area (Å²) in [4.78, 5) is 24.6. The number of allylic oxidation sites excluding steroid dienone is 1. The molecule has 0 aliphatic carbocycles. The highest BCUT2D eigenvalue weighted by molar-refractivity contribution is 6.07. The molecule has 23 heavy (non-hydrogen) atoms. The van der Waals surface area contributed by atoms with Gasteiger partial charge in [-0.05, 0) is 37.6 Å². The van der Waals surface area contributed by atoms with Gasteiger partial charge in [0, 0.05) is 20.2 Å². The van der Waals surface area contributed by atoms with Gasteiger partial charge in [0.25, 0.3) is 5.69 Å². The van der Waals surface area contributed by atoms with Gasteiger partial charge in [-0.1, -0.05) is 12.1 Å². The second-order valence-corrected chi connectivity index (χ2v) is 5.42. The first-order chi connectivity index (χ1) is 10.8. The van der Waals surface area contributed by atoms with Gasteiger partial charge in [-0.2, -0.15) is 0 Å². The Balaban J connectivity index is 2.29. The molecule has 1 aromatic carbocycles. The Labute approximate surface area is 134 Å². The van der Waals surface area contributed by atoms with Gasteiger partial charge >= 0.3 is 0 Å². The summed E-state index contributed by atoms with van der Waals surface area (Å²) >= 11 is 0. The summed E-state index contributed by atoms with van der Waals surface area (Å²) in [5.74, 6) is 1.04. The molecular formula is C17H18N2O4. The van der Waals surface area contributed by atoms with Crippen molar-refractivity contribution < 1.29 is 14.1 Å². The summed E-state index contributed by atoms with van der Waals surface area (Å²) < 4.78 is 5.33. The number of carbonyl (C=O) groups excluding carboxylic acids is 1. The zero-order valence-corrected chi connectivity index (χ0v) is 13.5. The minimum Gasteiger partial charge on any atom is -0.466 e. The number of hydrogen-bond donors (Lipinski definition) is 0. The molecule has 6 nitrogen and oxygen atoms in total. The van der Waals surface area contributed by atoms with Crippen molar-refractivity contribution in [2.45, 2.75) is 13.8 Å². The number of carbonyl (C=O) groups is 1. The largest absolute Gasteiger partial charge is 0.466 e. The van der Waals surface area contributed by atoms with E-state index in [4.69, 9.17) is 4.42 Å². The van der Waals surface area contributed by atoms with E-state index >= 15 is 0 Å². The highest BCUT2D eigenvalue weighted by Crippen LogP contribution is 2.28. The zero-order chi connectivity index (χ0) is 17.1. The highest BCUT2D eigenvalue weighted by atomic mass is 16.6. The minimum absolute atomic E-state index is 0.0000601. The van der Waals surface area contributed by atoms with Crippen LogP contribution in [0.1, 0.15) is 27.4 Å². The fourth-order valence-electron chi connectivity index (χ4n) is 2.31. The van der Waals surface area contributed by atoms with Crippen molar-refractivity contribution in [2.75, 3.05) is 19.0 Å². The van der Waals surface area contributed by atoms with Gasteiger partial charge in [-0.25, -0.2) is 0 Å². The Bertz CT molecular complexity index is 788. The third kappa shape index (κ3) is 3.66. The summed E-state index contributed by atoms with van der Waals surface area (Å²) in [6, 6.07) is 6.53. The van der Waals surface area contributed by atoms with E-state index in [1.54, 1.807) is 57.1 Å². The molecule has 0 saturated heterocycles. The van der Waals surface area contributed by atoms with Crippen LogP contribution in [0, 0.1) is 24.0 Å². The first-order valence-electron chi connectivity index (χ1n) is 7.05. The van der Waals surface area contributed by atoms with E-state index in [9.17, 15) is 14.9 Å². The van der Waals surface area contributed by atoms with Crippen LogP contribution in [-0.4, -0.2) is 24.8 Å². The maximum Gasteiger partial charge on any atom is 0.293 e. The zero-order valence-electron chi connectivity index (χ0n) is 13.5. The molecule has 1 heterocycles. The van der Waals surface area contributed by atoms with Crippen molar-refractivity contribution in [3.63, 3.8) is 0 Å². The van der Waals surface area contributed by atoms with Crippen LogP contribution >= 0.6 is 0 Å². The molecular weight excluding hydrogens is 296 g/mol.